The van der Waals surface area contributed by atoms with Crippen LogP contribution >= 0.6 is 0 Å². The van der Waals surface area contributed by atoms with Gasteiger partial charge in [0.25, 0.3) is 0 Å². The monoisotopic (exact) mass is 375 g/mol. The van der Waals surface area contributed by atoms with Gasteiger partial charge < -0.3 is 15.2 Å². The summed E-state index contributed by atoms with van der Waals surface area (Å²) in [6.45, 7) is 10.5. The summed E-state index contributed by atoms with van der Waals surface area (Å²) < 4.78 is 2.01. The van der Waals surface area contributed by atoms with Crippen molar-refractivity contribution in [2.75, 3.05) is 19.6 Å². The maximum Gasteiger partial charge on any atom is 0.191 e. The molecule has 1 aliphatic carbocycles. The minimum absolute atomic E-state index is 0.125. The fraction of sp³-hybridized carbons (Fsp3) is 0.850. The van der Waals surface area contributed by atoms with Crippen LogP contribution in [0.3, 0.4) is 0 Å². The highest BCUT2D eigenvalue weighted by Gasteiger charge is 2.28. The summed E-state index contributed by atoms with van der Waals surface area (Å²) >= 11 is 0. The lowest BCUT2D eigenvalue weighted by molar-refractivity contribution is 0.0982. The molecule has 0 bridgehead atoms. The average Bonchev–Trinajstić information content (AvgIpc) is 3.29. The molecule has 0 unspecified atom stereocenters. The van der Waals surface area contributed by atoms with Crippen LogP contribution < -0.4 is 10.6 Å². The van der Waals surface area contributed by atoms with E-state index in [2.05, 4.69) is 39.6 Å². The van der Waals surface area contributed by atoms with Gasteiger partial charge in [0.15, 0.2) is 11.8 Å². The Morgan fingerprint density at radius 1 is 1.11 bits per heavy atom. The molecule has 1 saturated heterocycles. The lowest BCUT2D eigenvalue weighted by Gasteiger charge is -2.41. The van der Waals surface area contributed by atoms with Gasteiger partial charge in [0.1, 0.15) is 12.4 Å². The zero-order valence-electron chi connectivity index (χ0n) is 17.6. The number of guanidine groups is 1. The minimum atomic E-state index is 0.125. The molecule has 1 saturated carbocycles. The summed E-state index contributed by atoms with van der Waals surface area (Å²) in [5.74, 6) is 2.73. The molecular weight excluding hydrogens is 338 g/mol. The van der Waals surface area contributed by atoms with Gasteiger partial charge in [0.05, 0.1) is 0 Å². The first kappa shape index (κ1) is 20.1. The van der Waals surface area contributed by atoms with Crippen LogP contribution in [0.25, 0.3) is 0 Å². The fourth-order valence-corrected chi connectivity index (χ4v) is 4.07. The van der Waals surface area contributed by atoms with Crippen LogP contribution in [0.4, 0.5) is 0 Å². The molecule has 2 heterocycles. The molecule has 27 heavy (non-hydrogen) atoms. The maximum atomic E-state index is 4.83. The number of piperidine rings is 1. The molecule has 152 valence electrons. The maximum absolute atomic E-state index is 4.83. The minimum Gasteiger partial charge on any atom is -0.355 e. The quantitative estimate of drug-likeness (QED) is 0.590. The lowest BCUT2D eigenvalue weighted by Crippen LogP contribution is -2.55. The molecule has 0 aromatic carbocycles. The van der Waals surface area contributed by atoms with E-state index >= 15 is 0 Å². The van der Waals surface area contributed by atoms with Crippen LogP contribution in [-0.4, -0.2) is 56.8 Å². The molecule has 1 aromatic heterocycles. The predicted octanol–water partition coefficient (Wildman–Crippen LogP) is 2.37. The van der Waals surface area contributed by atoms with Crippen molar-refractivity contribution < 1.29 is 0 Å². The molecule has 2 aliphatic rings. The van der Waals surface area contributed by atoms with Crippen LogP contribution in [0, 0.1) is 6.92 Å². The van der Waals surface area contributed by atoms with Crippen LogP contribution in [0.5, 0.6) is 0 Å². The second-order valence-corrected chi connectivity index (χ2v) is 8.73. The van der Waals surface area contributed by atoms with E-state index in [0.29, 0.717) is 12.6 Å². The molecule has 2 N–H and O–H groups in total. The van der Waals surface area contributed by atoms with Crippen molar-refractivity contribution in [3.8, 4) is 0 Å². The fourth-order valence-electron chi connectivity index (χ4n) is 4.07. The van der Waals surface area contributed by atoms with Crippen molar-refractivity contribution in [1.82, 2.24) is 30.3 Å². The van der Waals surface area contributed by atoms with Crippen molar-refractivity contribution in [2.45, 2.75) is 83.8 Å². The summed E-state index contributed by atoms with van der Waals surface area (Å²) in [5.41, 5.74) is 0.125. The molecular formula is C20H37N7. The summed E-state index contributed by atoms with van der Waals surface area (Å²) in [5, 5.41) is 15.7. The van der Waals surface area contributed by atoms with E-state index < -0.39 is 0 Å². The molecule has 0 amide bonds. The smallest absolute Gasteiger partial charge is 0.191 e. The van der Waals surface area contributed by atoms with E-state index in [1.54, 1.807) is 0 Å². The van der Waals surface area contributed by atoms with Gasteiger partial charge in [0, 0.05) is 25.2 Å². The Labute approximate surface area is 164 Å². The number of aromatic nitrogens is 3. The van der Waals surface area contributed by atoms with Crippen LogP contribution in [-0.2, 0) is 13.6 Å². The van der Waals surface area contributed by atoms with Crippen molar-refractivity contribution in [2.24, 2.45) is 12.0 Å². The largest absolute Gasteiger partial charge is 0.355 e. The summed E-state index contributed by atoms with van der Waals surface area (Å²) in [6, 6.07) is 0.538. The molecule has 0 atom stereocenters. The zero-order valence-corrected chi connectivity index (χ0v) is 17.6. The number of likely N-dealkylation sites (tertiary alicyclic amines) is 1. The molecule has 0 spiro atoms. The Bertz CT molecular complexity index is 622. The highest BCUT2D eigenvalue weighted by molar-refractivity contribution is 5.80. The predicted molar refractivity (Wildman–Crippen MR) is 110 cm³/mol. The SMILES string of the molecule is Cc1nnc(CN=C(NCC(C)(C)N2CCCCC2)NC2CCCC2)n1C. The highest BCUT2D eigenvalue weighted by atomic mass is 15.3. The number of hydrogen-bond acceptors (Lipinski definition) is 4. The average molecular weight is 376 g/mol. The normalized spacial score (nSPS) is 20.2. The Balaban J connectivity index is 1.63. The third kappa shape index (κ3) is 5.43. The molecule has 3 rings (SSSR count). The first-order chi connectivity index (χ1) is 13.0. The molecule has 7 nitrogen and oxygen atoms in total. The third-order valence-corrected chi connectivity index (χ3v) is 6.16. The Kier molecular flexibility index (Phi) is 6.73. The summed E-state index contributed by atoms with van der Waals surface area (Å²) in [6.07, 6.45) is 9.09. The van der Waals surface area contributed by atoms with Gasteiger partial charge in [-0.05, 0) is 59.5 Å². The van der Waals surface area contributed by atoms with Gasteiger partial charge in [-0.1, -0.05) is 19.3 Å². The Morgan fingerprint density at radius 3 is 2.44 bits per heavy atom. The lowest BCUT2D eigenvalue weighted by atomic mass is 9.98. The van der Waals surface area contributed by atoms with Gasteiger partial charge in [-0.2, -0.15) is 0 Å². The van der Waals surface area contributed by atoms with Crippen molar-refractivity contribution in [3.05, 3.63) is 11.6 Å². The number of hydrogen-bond donors (Lipinski definition) is 2. The highest BCUT2D eigenvalue weighted by Crippen LogP contribution is 2.20. The van der Waals surface area contributed by atoms with Gasteiger partial charge >= 0.3 is 0 Å². The number of nitrogens with zero attached hydrogens (tertiary/aromatic N) is 5. The Morgan fingerprint density at radius 2 is 1.81 bits per heavy atom. The molecule has 1 aliphatic heterocycles. The number of aryl methyl sites for hydroxylation is 1. The third-order valence-electron chi connectivity index (χ3n) is 6.16. The molecule has 1 aromatic rings. The summed E-state index contributed by atoms with van der Waals surface area (Å²) in [7, 11) is 2.00. The topological polar surface area (TPSA) is 70.4 Å². The second kappa shape index (κ2) is 9.04. The van der Waals surface area contributed by atoms with E-state index in [1.165, 1.54) is 58.0 Å². The van der Waals surface area contributed by atoms with Gasteiger partial charge in [-0.3, -0.25) is 4.90 Å². The van der Waals surface area contributed by atoms with Crippen molar-refractivity contribution in [3.63, 3.8) is 0 Å². The summed E-state index contributed by atoms with van der Waals surface area (Å²) in [4.78, 5) is 7.45. The van der Waals surface area contributed by atoms with Crippen molar-refractivity contribution in [1.29, 1.82) is 0 Å². The number of aliphatic imine (C=N–C) groups is 1. The van der Waals surface area contributed by atoms with E-state index in [-0.39, 0.29) is 5.54 Å². The van der Waals surface area contributed by atoms with Crippen LogP contribution in [0.1, 0.15) is 70.4 Å². The molecule has 0 radical (unpaired) electrons. The van der Waals surface area contributed by atoms with E-state index in [1.807, 2.05) is 18.5 Å². The number of nitrogens with one attached hydrogen (secondary N) is 2. The second-order valence-electron chi connectivity index (χ2n) is 8.73. The van der Waals surface area contributed by atoms with Gasteiger partial charge in [-0.15, -0.1) is 10.2 Å². The number of rotatable bonds is 6. The molecule has 2 fully saturated rings. The first-order valence-electron chi connectivity index (χ1n) is 10.6. The zero-order chi connectivity index (χ0) is 19.3. The van der Waals surface area contributed by atoms with Gasteiger partial charge in [0.2, 0.25) is 0 Å². The van der Waals surface area contributed by atoms with Gasteiger partial charge in [-0.25, -0.2) is 4.99 Å². The van der Waals surface area contributed by atoms with E-state index in [0.717, 1.165) is 24.2 Å². The van der Waals surface area contributed by atoms with E-state index in [4.69, 9.17) is 4.99 Å². The van der Waals surface area contributed by atoms with E-state index in [9.17, 15) is 0 Å². The Hall–Kier alpha value is -1.63. The molecule has 7 heteroatoms. The first-order valence-corrected chi connectivity index (χ1v) is 10.6. The standard InChI is InChI=1S/C20H37N7/c1-16-24-25-18(26(16)4)14-21-19(23-17-10-6-7-11-17)22-15-20(2,3)27-12-8-5-9-13-27/h17H,5-15H2,1-4H3,(H2,21,22,23). The van der Waals surface area contributed by atoms with Crippen LogP contribution in [0.2, 0.25) is 0 Å². The van der Waals surface area contributed by atoms with Crippen LogP contribution in [0.15, 0.2) is 4.99 Å². The van der Waals surface area contributed by atoms with Crippen molar-refractivity contribution >= 4 is 5.96 Å².